The summed E-state index contributed by atoms with van der Waals surface area (Å²) in [7, 11) is 0. The van der Waals surface area contributed by atoms with Crippen LogP contribution in [0.2, 0.25) is 0 Å². The second-order valence-corrected chi connectivity index (χ2v) is 8.57. The van der Waals surface area contributed by atoms with Crippen LogP contribution in [0.5, 0.6) is 0 Å². The van der Waals surface area contributed by atoms with Crippen molar-refractivity contribution < 1.29 is 9.53 Å². The Morgan fingerprint density at radius 1 is 1.10 bits per heavy atom. The van der Waals surface area contributed by atoms with Crippen LogP contribution in [0, 0.1) is 11.3 Å². The molecule has 31 heavy (non-hydrogen) atoms. The SMILES string of the molecule is N#Cc1cnc(N2CC3CC(C2)N3C(=O)OC2CCN(Cc3ccccc3)CC2)cn1. The number of ether oxygens (including phenoxy) is 1. The Bertz CT molecular complexity index is 940. The highest BCUT2D eigenvalue weighted by molar-refractivity contribution is 5.71. The maximum absolute atomic E-state index is 12.8. The molecular formula is C23H26N6O2. The summed E-state index contributed by atoms with van der Waals surface area (Å²) in [5, 5.41) is 8.87. The maximum Gasteiger partial charge on any atom is 0.410 e. The molecule has 4 saturated heterocycles. The van der Waals surface area contributed by atoms with Crippen LogP contribution >= 0.6 is 0 Å². The summed E-state index contributed by atoms with van der Waals surface area (Å²) in [5.41, 5.74) is 1.63. The summed E-state index contributed by atoms with van der Waals surface area (Å²) in [4.78, 5) is 27.7. The minimum absolute atomic E-state index is 0.00125. The highest BCUT2D eigenvalue weighted by atomic mass is 16.6. The van der Waals surface area contributed by atoms with E-state index in [0.717, 1.165) is 57.8 Å². The number of nitrogens with zero attached hydrogens (tertiary/aromatic N) is 6. The molecule has 8 nitrogen and oxygen atoms in total. The fraction of sp³-hybridized carbons (Fsp3) is 0.478. The van der Waals surface area contributed by atoms with Gasteiger partial charge < -0.3 is 9.64 Å². The first kappa shape index (κ1) is 19.8. The fourth-order valence-corrected chi connectivity index (χ4v) is 4.87. The standard InChI is InChI=1S/C23H26N6O2/c24-11-18-12-26-22(13-25-18)28-15-19-10-20(16-28)29(19)23(30)31-21-6-8-27(9-7-21)14-17-4-2-1-3-5-17/h1-5,12-13,19-21H,6-10,14-16H2. The number of piperidine rings is 2. The van der Waals surface area contributed by atoms with Crippen LogP contribution in [0.3, 0.4) is 0 Å². The van der Waals surface area contributed by atoms with Crippen molar-refractivity contribution in [1.29, 1.82) is 5.26 Å². The molecule has 1 aromatic carbocycles. The van der Waals surface area contributed by atoms with E-state index in [4.69, 9.17) is 10.00 Å². The summed E-state index contributed by atoms with van der Waals surface area (Å²) in [5.74, 6) is 0.757. The lowest BCUT2D eigenvalue weighted by Gasteiger charge is -2.55. The van der Waals surface area contributed by atoms with Gasteiger partial charge in [-0.2, -0.15) is 5.26 Å². The summed E-state index contributed by atoms with van der Waals surface area (Å²) >= 11 is 0. The van der Waals surface area contributed by atoms with Gasteiger partial charge in [0.1, 0.15) is 18.0 Å². The molecule has 1 aromatic heterocycles. The third kappa shape index (κ3) is 4.19. The number of aromatic nitrogens is 2. The van der Waals surface area contributed by atoms with Gasteiger partial charge in [0.2, 0.25) is 0 Å². The zero-order chi connectivity index (χ0) is 21.2. The van der Waals surface area contributed by atoms with Crippen LogP contribution in [-0.2, 0) is 11.3 Å². The van der Waals surface area contributed by atoms with Crippen molar-refractivity contribution in [2.45, 2.75) is 44.0 Å². The minimum Gasteiger partial charge on any atom is -0.446 e. The number of fused-ring (bicyclic) bond motifs is 2. The zero-order valence-electron chi connectivity index (χ0n) is 17.4. The molecule has 2 unspecified atom stereocenters. The summed E-state index contributed by atoms with van der Waals surface area (Å²) < 4.78 is 5.88. The topological polar surface area (TPSA) is 85.6 Å². The van der Waals surface area contributed by atoms with Gasteiger partial charge in [-0.3, -0.25) is 9.80 Å². The molecule has 0 N–H and O–H groups in total. The number of carbonyl (C=O) groups excluding carboxylic acids is 1. The second kappa shape index (κ2) is 8.52. The third-order valence-electron chi connectivity index (χ3n) is 6.53. The summed E-state index contributed by atoms with van der Waals surface area (Å²) in [6, 6.07) is 12.8. The van der Waals surface area contributed by atoms with Gasteiger partial charge >= 0.3 is 6.09 Å². The Labute approximate surface area is 182 Å². The average Bonchev–Trinajstić information content (AvgIpc) is 2.81. The van der Waals surface area contributed by atoms with Gasteiger partial charge in [0.15, 0.2) is 5.69 Å². The zero-order valence-corrected chi connectivity index (χ0v) is 17.4. The molecule has 1 amide bonds. The summed E-state index contributed by atoms with van der Waals surface area (Å²) in [6.07, 6.45) is 5.73. The minimum atomic E-state index is -0.173. The molecule has 4 fully saturated rings. The number of hydrogen-bond acceptors (Lipinski definition) is 7. The van der Waals surface area contributed by atoms with Crippen LogP contribution < -0.4 is 4.90 Å². The number of amides is 1. The lowest BCUT2D eigenvalue weighted by atomic mass is 9.88. The van der Waals surface area contributed by atoms with Gasteiger partial charge in [0, 0.05) is 32.7 Å². The van der Waals surface area contributed by atoms with E-state index in [1.54, 1.807) is 6.20 Å². The van der Waals surface area contributed by atoms with E-state index in [1.165, 1.54) is 11.8 Å². The smallest absolute Gasteiger partial charge is 0.410 e. The van der Waals surface area contributed by atoms with Gasteiger partial charge in [-0.1, -0.05) is 30.3 Å². The molecule has 5 heterocycles. The Morgan fingerprint density at radius 2 is 1.84 bits per heavy atom. The van der Waals surface area contributed by atoms with E-state index in [-0.39, 0.29) is 24.3 Å². The number of hydrogen-bond donors (Lipinski definition) is 0. The highest BCUT2D eigenvalue weighted by Gasteiger charge is 2.49. The first-order valence-corrected chi connectivity index (χ1v) is 10.9. The predicted octanol–water partition coefficient (Wildman–Crippen LogP) is 2.41. The molecule has 4 aliphatic rings. The fourth-order valence-electron chi connectivity index (χ4n) is 4.87. The van der Waals surface area contributed by atoms with Crippen molar-refractivity contribution in [1.82, 2.24) is 19.8 Å². The van der Waals surface area contributed by atoms with Crippen molar-refractivity contribution in [3.8, 4) is 6.07 Å². The normalized spacial score (nSPS) is 23.7. The maximum atomic E-state index is 12.8. The second-order valence-electron chi connectivity index (χ2n) is 8.57. The van der Waals surface area contributed by atoms with E-state index in [0.29, 0.717) is 5.69 Å². The number of nitriles is 1. The van der Waals surface area contributed by atoms with Crippen molar-refractivity contribution in [2.24, 2.45) is 0 Å². The number of piperazine rings is 1. The molecule has 6 rings (SSSR count). The van der Waals surface area contributed by atoms with Crippen LogP contribution in [0.25, 0.3) is 0 Å². The Balaban J connectivity index is 1.09. The van der Waals surface area contributed by atoms with Gasteiger partial charge in [0.25, 0.3) is 0 Å². The van der Waals surface area contributed by atoms with Gasteiger partial charge in [-0.05, 0) is 24.8 Å². The van der Waals surface area contributed by atoms with E-state index in [1.807, 2.05) is 17.0 Å². The van der Waals surface area contributed by atoms with E-state index in [2.05, 4.69) is 44.0 Å². The van der Waals surface area contributed by atoms with Gasteiger partial charge in [-0.25, -0.2) is 14.8 Å². The first-order chi connectivity index (χ1) is 15.2. The quantitative estimate of drug-likeness (QED) is 0.754. The van der Waals surface area contributed by atoms with Gasteiger partial charge in [-0.15, -0.1) is 0 Å². The molecule has 0 spiro atoms. The molecule has 0 radical (unpaired) electrons. The molecule has 160 valence electrons. The molecule has 4 aliphatic heterocycles. The first-order valence-electron chi connectivity index (χ1n) is 10.9. The van der Waals surface area contributed by atoms with Crippen molar-refractivity contribution in [2.75, 3.05) is 31.1 Å². The van der Waals surface area contributed by atoms with E-state index in [9.17, 15) is 4.79 Å². The number of likely N-dealkylation sites (tertiary alicyclic amines) is 1. The number of rotatable bonds is 4. The van der Waals surface area contributed by atoms with Gasteiger partial charge in [0.05, 0.1) is 24.5 Å². The number of anilines is 1. The van der Waals surface area contributed by atoms with Crippen molar-refractivity contribution in [3.05, 3.63) is 54.0 Å². The molecule has 2 bridgehead atoms. The molecule has 2 atom stereocenters. The van der Waals surface area contributed by atoms with Crippen molar-refractivity contribution >= 4 is 11.9 Å². The van der Waals surface area contributed by atoms with Crippen LogP contribution in [0.4, 0.5) is 10.6 Å². The largest absolute Gasteiger partial charge is 0.446 e. The number of carbonyl (C=O) groups is 1. The average molecular weight is 419 g/mol. The van der Waals surface area contributed by atoms with Crippen LogP contribution in [0.15, 0.2) is 42.7 Å². The molecule has 0 aliphatic carbocycles. The predicted molar refractivity (Wildman–Crippen MR) is 114 cm³/mol. The summed E-state index contributed by atoms with van der Waals surface area (Å²) in [6.45, 7) is 4.30. The Morgan fingerprint density at radius 3 is 2.48 bits per heavy atom. The van der Waals surface area contributed by atoms with Crippen molar-refractivity contribution in [3.63, 3.8) is 0 Å². The molecule has 8 heteroatoms. The van der Waals surface area contributed by atoms with Crippen LogP contribution in [0.1, 0.15) is 30.5 Å². The Kier molecular flexibility index (Phi) is 5.43. The van der Waals surface area contributed by atoms with E-state index < -0.39 is 0 Å². The number of benzene rings is 1. The lowest BCUT2D eigenvalue weighted by molar-refractivity contribution is -0.0322. The monoisotopic (exact) mass is 418 g/mol. The highest BCUT2D eigenvalue weighted by Crippen LogP contribution is 2.35. The Hall–Kier alpha value is -3.18. The van der Waals surface area contributed by atoms with E-state index >= 15 is 0 Å². The van der Waals surface area contributed by atoms with Crippen LogP contribution in [-0.4, -0.2) is 70.2 Å². The lowest BCUT2D eigenvalue weighted by Crippen LogP contribution is -2.70. The molecular weight excluding hydrogens is 392 g/mol. The molecule has 2 aromatic rings. The molecule has 0 saturated carbocycles. The third-order valence-corrected chi connectivity index (χ3v) is 6.53.